The second-order valence-corrected chi connectivity index (χ2v) is 6.72. The van der Waals surface area contributed by atoms with Gasteiger partial charge in [-0.1, -0.05) is 48.3 Å². The second-order valence-electron chi connectivity index (χ2n) is 5.81. The van der Waals surface area contributed by atoms with Crippen molar-refractivity contribution < 1.29 is 0 Å². The van der Waals surface area contributed by atoms with Crippen LogP contribution in [0.5, 0.6) is 0 Å². The van der Waals surface area contributed by atoms with E-state index in [0.717, 1.165) is 25.6 Å². The summed E-state index contributed by atoms with van der Waals surface area (Å²) in [4.78, 5) is 2.61. The Kier molecular flexibility index (Phi) is 5.43. The van der Waals surface area contributed by atoms with Crippen LogP contribution in [-0.4, -0.2) is 30.1 Å². The number of hydrogen-bond donors (Lipinski definition) is 1. The van der Waals surface area contributed by atoms with E-state index in [2.05, 4.69) is 71.2 Å². The number of nitrogens with one attached hydrogen (secondary N) is 1. The minimum absolute atomic E-state index is 0.610. The van der Waals surface area contributed by atoms with Crippen LogP contribution >= 0.6 is 15.9 Å². The van der Waals surface area contributed by atoms with Gasteiger partial charge in [-0.05, 0) is 30.5 Å². The van der Waals surface area contributed by atoms with Crippen LogP contribution in [0.3, 0.4) is 0 Å². The van der Waals surface area contributed by atoms with E-state index in [4.69, 9.17) is 0 Å². The highest BCUT2D eigenvalue weighted by Crippen LogP contribution is 2.19. The van der Waals surface area contributed by atoms with Crippen LogP contribution in [0.1, 0.15) is 32.8 Å². The first kappa shape index (κ1) is 15.0. The highest BCUT2D eigenvalue weighted by atomic mass is 79.9. The highest BCUT2D eigenvalue weighted by molar-refractivity contribution is 9.10. The summed E-state index contributed by atoms with van der Waals surface area (Å²) < 4.78 is 1.17. The quantitative estimate of drug-likeness (QED) is 0.909. The zero-order valence-corrected chi connectivity index (χ0v) is 13.8. The molecule has 3 atom stereocenters. The standard InChI is InChI=1S/C16H25BrN2/c1-4-12(2)16-11-19(13(3)9-18-16)10-14-6-5-7-15(17)8-14/h5-8,12-13,16,18H,4,9-11H2,1-3H3. The first-order valence-electron chi connectivity index (χ1n) is 7.32. The van der Waals surface area contributed by atoms with E-state index in [0.29, 0.717) is 12.1 Å². The fourth-order valence-electron chi connectivity index (χ4n) is 2.70. The van der Waals surface area contributed by atoms with Crippen molar-refractivity contribution >= 4 is 15.9 Å². The summed E-state index contributed by atoms with van der Waals surface area (Å²) in [6.07, 6.45) is 1.25. The lowest BCUT2D eigenvalue weighted by atomic mass is 9.95. The first-order valence-corrected chi connectivity index (χ1v) is 8.11. The maximum Gasteiger partial charge on any atom is 0.0238 e. The largest absolute Gasteiger partial charge is 0.311 e. The Morgan fingerprint density at radius 3 is 2.95 bits per heavy atom. The molecule has 1 saturated heterocycles. The topological polar surface area (TPSA) is 15.3 Å². The van der Waals surface area contributed by atoms with Crippen molar-refractivity contribution in [2.24, 2.45) is 5.92 Å². The summed E-state index contributed by atoms with van der Waals surface area (Å²) in [6.45, 7) is 10.3. The predicted octanol–water partition coefficient (Wildman–Crippen LogP) is 3.66. The molecule has 0 saturated carbocycles. The third-order valence-corrected chi connectivity index (χ3v) is 4.83. The van der Waals surface area contributed by atoms with E-state index in [1.54, 1.807) is 0 Å². The smallest absolute Gasteiger partial charge is 0.0238 e. The summed E-state index contributed by atoms with van der Waals surface area (Å²) >= 11 is 3.56. The van der Waals surface area contributed by atoms with Gasteiger partial charge >= 0.3 is 0 Å². The van der Waals surface area contributed by atoms with E-state index >= 15 is 0 Å². The van der Waals surface area contributed by atoms with E-state index in [9.17, 15) is 0 Å². The molecule has 1 fully saturated rings. The Hall–Kier alpha value is -0.380. The normalized spacial score (nSPS) is 26.3. The molecule has 1 heterocycles. The fourth-order valence-corrected chi connectivity index (χ4v) is 3.15. The molecule has 1 aromatic rings. The molecule has 0 bridgehead atoms. The van der Waals surface area contributed by atoms with Gasteiger partial charge in [0, 0.05) is 36.2 Å². The molecule has 2 rings (SSSR count). The molecule has 0 aliphatic carbocycles. The monoisotopic (exact) mass is 324 g/mol. The summed E-state index contributed by atoms with van der Waals surface area (Å²) in [7, 11) is 0. The van der Waals surface area contributed by atoms with Crippen molar-refractivity contribution in [3.63, 3.8) is 0 Å². The number of piperazine rings is 1. The zero-order chi connectivity index (χ0) is 13.8. The van der Waals surface area contributed by atoms with E-state index in [-0.39, 0.29) is 0 Å². The molecule has 2 nitrogen and oxygen atoms in total. The molecule has 1 N–H and O–H groups in total. The zero-order valence-electron chi connectivity index (χ0n) is 12.2. The SMILES string of the molecule is CCC(C)C1CN(Cc2cccc(Br)c2)C(C)CN1. The first-order chi connectivity index (χ1) is 9.10. The number of benzene rings is 1. The molecule has 3 heteroatoms. The predicted molar refractivity (Wildman–Crippen MR) is 85.3 cm³/mol. The molecule has 0 amide bonds. The molecule has 0 spiro atoms. The van der Waals surface area contributed by atoms with Gasteiger partial charge in [0.25, 0.3) is 0 Å². The fraction of sp³-hybridized carbons (Fsp3) is 0.625. The Labute approximate surface area is 125 Å². The summed E-state index contributed by atoms with van der Waals surface area (Å²) in [5, 5.41) is 3.70. The van der Waals surface area contributed by atoms with Crippen LogP contribution in [0, 0.1) is 5.92 Å². The average Bonchev–Trinajstić information content (AvgIpc) is 2.40. The van der Waals surface area contributed by atoms with Crippen molar-refractivity contribution in [1.29, 1.82) is 0 Å². The van der Waals surface area contributed by atoms with E-state index < -0.39 is 0 Å². The molecule has 3 unspecified atom stereocenters. The Bertz CT molecular complexity index is 407. The summed E-state index contributed by atoms with van der Waals surface area (Å²) in [5.41, 5.74) is 1.39. The molecule has 0 radical (unpaired) electrons. The van der Waals surface area contributed by atoms with Crippen LogP contribution in [0.4, 0.5) is 0 Å². The van der Waals surface area contributed by atoms with Crippen molar-refractivity contribution in [2.45, 2.75) is 45.8 Å². The Balaban J connectivity index is 2.01. The van der Waals surface area contributed by atoms with Gasteiger partial charge in [0.1, 0.15) is 0 Å². The van der Waals surface area contributed by atoms with Gasteiger partial charge in [0.05, 0.1) is 0 Å². The molecular weight excluding hydrogens is 300 g/mol. The van der Waals surface area contributed by atoms with Gasteiger partial charge in [0.2, 0.25) is 0 Å². The lowest BCUT2D eigenvalue weighted by Gasteiger charge is -2.41. The van der Waals surface area contributed by atoms with Gasteiger partial charge in [0.15, 0.2) is 0 Å². The van der Waals surface area contributed by atoms with Crippen LogP contribution in [0.15, 0.2) is 28.7 Å². The molecule has 1 aromatic carbocycles. The number of hydrogen-bond acceptors (Lipinski definition) is 2. The van der Waals surface area contributed by atoms with Gasteiger partial charge in [-0.2, -0.15) is 0 Å². The van der Waals surface area contributed by atoms with Gasteiger partial charge in [-0.15, -0.1) is 0 Å². The highest BCUT2D eigenvalue weighted by Gasteiger charge is 2.27. The van der Waals surface area contributed by atoms with E-state index in [1.165, 1.54) is 16.5 Å². The molecular formula is C16H25BrN2. The maximum atomic E-state index is 3.70. The molecule has 1 aliphatic heterocycles. The van der Waals surface area contributed by atoms with Crippen molar-refractivity contribution in [3.8, 4) is 0 Å². The summed E-state index contributed by atoms with van der Waals surface area (Å²) in [5.74, 6) is 0.748. The minimum Gasteiger partial charge on any atom is -0.311 e. The molecule has 19 heavy (non-hydrogen) atoms. The lowest BCUT2D eigenvalue weighted by Crippen LogP contribution is -2.56. The molecule has 1 aliphatic rings. The van der Waals surface area contributed by atoms with Crippen molar-refractivity contribution in [3.05, 3.63) is 34.3 Å². The van der Waals surface area contributed by atoms with Crippen LogP contribution in [-0.2, 0) is 6.54 Å². The second kappa shape index (κ2) is 6.87. The van der Waals surface area contributed by atoms with Crippen LogP contribution in [0.25, 0.3) is 0 Å². The minimum atomic E-state index is 0.610. The van der Waals surface area contributed by atoms with Crippen molar-refractivity contribution in [1.82, 2.24) is 10.2 Å². The van der Waals surface area contributed by atoms with Gasteiger partial charge in [-0.3, -0.25) is 4.90 Å². The van der Waals surface area contributed by atoms with Crippen LogP contribution < -0.4 is 5.32 Å². The number of halogens is 1. The third kappa shape index (κ3) is 4.04. The summed E-state index contributed by atoms with van der Waals surface area (Å²) in [6, 6.07) is 9.91. The van der Waals surface area contributed by atoms with Crippen molar-refractivity contribution in [2.75, 3.05) is 13.1 Å². The molecule has 106 valence electrons. The van der Waals surface area contributed by atoms with Gasteiger partial charge in [-0.25, -0.2) is 0 Å². The number of nitrogens with zero attached hydrogens (tertiary/aromatic N) is 1. The van der Waals surface area contributed by atoms with Gasteiger partial charge < -0.3 is 5.32 Å². The van der Waals surface area contributed by atoms with E-state index in [1.807, 2.05) is 0 Å². The average molecular weight is 325 g/mol. The lowest BCUT2D eigenvalue weighted by molar-refractivity contribution is 0.112. The third-order valence-electron chi connectivity index (χ3n) is 4.34. The van der Waals surface area contributed by atoms with Crippen LogP contribution in [0.2, 0.25) is 0 Å². The number of rotatable bonds is 4. The Morgan fingerprint density at radius 2 is 2.26 bits per heavy atom. The maximum absolute atomic E-state index is 3.70. The Morgan fingerprint density at radius 1 is 1.47 bits per heavy atom. The molecule has 0 aromatic heterocycles.